The zero-order chi connectivity index (χ0) is 23.8. The van der Waals surface area contributed by atoms with E-state index >= 15 is 0 Å². The first kappa shape index (κ1) is 23.6. The summed E-state index contributed by atoms with van der Waals surface area (Å²) in [4.78, 5) is 16.4. The van der Waals surface area contributed by atoms with E-state index in [4.69, 9.17) is 4.52 Å². The minimum atomic E-state index is -0.940. The van der Waals surface area contributed by atoms with Crippen LogP contribution in [0, 0.1) is 11.6 Å². The quantitative estimate of drug-likeness (QED) is 0.547. The molecule has 0 atom stereocenters. The molecule has 0 saturated heterocycles. The van der Waals surface area contributed by atoms with Gasteiger partial charge in [0.25, 0.3) is 0 Å². The number of aliphatic imine (C=N–C) groups is 3. The van der Waals surface area contributed by atoms with Crippen molar-refractivity contribution in [2.75, 3.05) is 19.4 Å². The van der Waals surface area contributed by atoms with Gasteiger partial charge in [0, 0.05) is 38.0 Å². The summed E-state index contributed by atoms with van der Waals surface area (Å²) in [6.07, 6.45) is 4.04. The molecule has 3 aromatic rings. The number of anilines is 1. The molecule has 1 N–H and O–H groups in total. The van der Waals surface area contributed by atoms with Gasteiger partial charge >= 0.3 is 0 Å². The highest BCUT2D eigenvalue weighted by Gasteiger charge is 2.19. The van der Waals surface area contributed by atoms with Crippen molar-refractivity contribution in [2.24, 2.45) is 15.0 Å². The molecular weight excluding hydrogens is 426 g/mol. The fourth-order valence-corrected chi connectivity index (χ4v) is 2.90. The lowest BCUT2D eigenvalue weighted by atomic mass is 10.2. The number of aryl methyl sites for hydroxylation is 1. The molecule has 170 valence electrons. The second-order valence-electron chi connectivity index (χ2n) is 6.79. The highest BCUT2D eigenvalue weighted by Crippen LogP contribution is 2.20. The average molecular weight is 450 g/mol. The number of amidine groups is 1. The van der Waals surface area contributed by atoms with E-state index < -0.39 is 11.6 Å². The summed E-state index contributed by atoms with van der Waals surface area (Å²) < 4.78 is 31.8. The Morgan fingerprint density at radius 3 is 2.45 bits per heavy atom. The minimum Gasteiger partial charge on any atom is -0.388 e. The van der Waals surface area contributed by atoms with Crippen LogP contribution in [0.5, 0.6) is 0 Å². The van der Waals surface area contributed by atoms with Crippen LogP contribution in [0.3, 0.4) is 0 Å². The van der Waals surface area contributed by atoms with E-state index in [9.17, 15) is 8.78 Å². The Kier molecular flexibility index (Phi) is 7.91. The first-order valence-corrected chi connectivity index (χ1v) is 10.3. The van der Waals surface area contributed by atoms with Crippen molar-refractivity contribution in [3.05, 3.63) is 77.3 Å². The molecule has 1 aliphatic heterocycles. The predicted octanol–water partition coefficient (Wildman–Crippen LogP) is 5.11. The van der Waals surface area contributed by atoms with Crippen LogP contribution in [0.15, 0.2) is 73.7 Å². The summed E-state index contributed by atoms with van der Waals surface area (Å²) in [6, 6.07) is 11.8. The molecule has 33 heavy (non-hydrogen) atoms. The Labute approximate surface area is 190 Å². The second kappa shape index (κ2) is 11.0. The van der Waals surface area contributed by atoms with E-state index in [0.29, 0.717) is 23.1 Å². The van der Waals surface area contributed by atoms with Gasteiger partial charge < -0.3 is 9.84 Å². The van der Waals surface area contributed by atoms with Gasteiger partial charge in [0.1, 0.15) is 5.71 Å². The van der Waals surface area contributed by atoms with Gasteiger partial charge in [-0.05, 0) is 43.3 Å². The second-order valence-corrected chi connectivity index (χ2v) is 6.79. The van der Waals surface area contributed by atoms with Crippen LogP contribution in [0.25, 0.3) is 11.4 Å². The lowest BCUT2D eigenvalue weighted by Crippen LogP contribution is -2.02. The third-order valence-electron chi connectivity index (χ3n) is 4.63. The van der Waals surface area contributed by atoms with E-state index in [2.05, 4.69) is 30.4 Å². The molecule has 0 fully saturated rings. The van der Waals surface area contributed by atoms with Crippen molar-refractivity contribution in [1.29, 1.82) is 0 Å². The van der Waals surface area contributed by atoms with Gasteiger partial charge in [-0.3, -0.25) is 4.99 Å². The topological polar surface area (TPSA) is 88.0 Å². The number of aromatic nitrogens is 2. The average Bonchev–Trinajstić information content (AvgIpc) is 3.49. The molecule has 0 saturated carbocycles. The molecule has 4 rings (SSSR count). The maximum Gasteiger partial charge on any atom is 0.226 e. The summed E-state index contributed by atoms with van der Waals surface area (Å²) in [6.45, 7) is 3.78. The third-order valence-corrected chi connectivity index (χ3v) is 4.63. The standard InChI is InChI=1S/C13H11F2N3.C11H13N3O/c1-3-10-11(7-16-2)18-13(17-10)8-5-4-6-9(14)12(8)15;1-3-10-13-11(14-15-10)8-4-6-9(12-2)7-5-8/h3-7H,1-2H3;4-7,12H,3H2,1-2H3/b10-3+,16-7?;. The van der Waals surface area contributed by atoms with Gasteiger partial charge in [-0.2, -0.15) is 4.98 Å². The minimum absolute atomic E-state index is 0.0499. The van der Waals surface area contributed by atoms with Crippen LogP contribution in [0.1, 0.15) is 25.3 Å². The number of halogens is 2. The predicted molar refractivity (Wildman–Crippen MR) is 127 cm³/mol. The zero-order valence-corrected chi connectivity index (χ0v) is 18.8. The van der Waals surface area contributed by atoms with E-state index in [1.807, 2.05) is 38.2 Å². The van der Waals surface area contributed by atoms with Crippen molar-refractivity contribution in [1.82, 2.24) is 10.1 Å². The van der Waals surface area contributed by atoms with E-state index in [-0.39, 0.29) is 11.4 Å². The Morgan fingerprint density at radius 1 is 1.09 bits per heavy atom. The Balaban J connectivity index is 0.000000189. The first-order valence-electron chi connectivity index (χ1n) is 10.3. The zero-order valence-electron chi connectivity index (χ0n) is 18.8. The molecule has 1 aromatic heterocycles. The lowest BCUT2D eigenvalue weighted by Gasteiger charge is -1.99. The largest absolute Gasteiger partial charge is 0.388 e. The Morgan fingerprint density at radius 2 is 1.85 bits per heavy atom. The summed E-state index contributed by atoms with van der Waals surface area (Å²) in [5.41, 5.74) is 3.22. The monoisotopic (exact) mass is 450 g/mol. The number of hydrogen-bond acceptors (Lipinski definition) is 7. The molecule has 0 aliphatic carbocycles. The van der Waals surface area contributed by atoms with Crippen molar-refractivity contribution in [3.8, 4) is 11.4 Å². The summed E-state index contributed by atoms with van der Waals surface area (Å²) in [5, 5.41) is 6.96. The fraction of sp³-hybridized carbons (Fsp3) is 0.208. The van der Waals surface area contributed by atoms with E-state index in [0.717, 1.165) is 23.7 Å². The van der Waals surface area contributed by atoms with Crippen LogP contribution >= 0.6 is 0 Å². The number of rotatable bonds is 5. The Bertz CT molecular complexity index is 1230. The van der Waals surface area contributed by atoms with Gasteiger partial charge in [0.05, 0.1) is 11.3 Å². The van der Waals surface area contributed by atoms with E-state index in [1.54, 1.807) is 20.0 Å². The highest BCUT2D eigenvalue weighted by molar-refractivity contribution is 6.42. The maximum absolute atomic E-state index is 13.6. The molecule has 7 nitrogen and oxygen atoms in total. The SMILES string of the molecule is C/C=C1/N=C(c2cccc(F)c2F)N=C1C=NC.CCc1nc(-c2ccc(NC)cc2)no1. The highest BCUT2D eigenvalue weighted by atomic mass is 19.2. The normalized spacial score (nSPS) is 14.2. The number of nitrogens with one attached hydrogen (secondary N) is 1. The number of hydrogen-bond donors (Lipinski definition) is 1. The molecule has 0 bridgehead atoms. The van der Waals surface area contributed by atoms with Crippen molar-refractivity contribution in [2.45, 2.75) is 20.3 Å². The molecular formula is C24H24F2N6O. The van der Waals surface area contributed by atoms with Crippen molar-refractivity contribution < 1.29 is 13.3 Å². The summed E-state index contributed by atoms with van der Waals surface area (Å²) in [7, 11) is 3.50. The number of benzene rings is 2. The van der Waals surface area contributed by atoms with Gasteiger partial charge in [-0.25, -0.2) is 18.8 Å². The van der Waals surface area contributed by atoms with Gasteiger partial charge in [-0.15, -0.1) is 0 Å². The van der Waals surface area contributed by atoms with Crippen LogP contribution < -0.4 is 5.32 Å². The molecule has 2 heterocycles. The summed E-state index contributed by atoms with van der Waals surface area (Å²) >= 11 is 0. The fourth-order valence-electron chi connectivity index (χ4n) is 2.90. The molecule has 0 amide bonds. The molecule has 2 aromatic carbocycles. The molecule has 1 aliphatic rings. The van der Waals surface area contributed by atoms with Gasteiger partial charge in [0.2, 0.25) is 11.7 Å². The smallest absolute Gasteiger partial charge is 0.226 e. The van der Waals surface area contributed by atoms with Crippen LogP contribution in [-0.2, 0) is 6.42 Å². The van der Waals surface area contributed by atoms with Crippen molar-refractivity contribution >= 4 is 23.4 Å². The van der Waals surface area contributed by atoms with Crippen LogP contribution in [0.2, 0.25) is 0 Å². The Hall–Kier alpha value is -4.01. The maximum atomic E-state index is 13.6. The lowest BCUT2D eigenvalue weighted by molar-refractivity contribution is 0.383. The molecule has 0 radical (unpaired) electrons. The van der Waals surface area contributed by atoms with E-state index in [1.165, 1.54) is 18.3 Å². The third kappa shape index (κ3) is 5.62. The molecule has 9 heteroatoms. The van der Waals surface area contributed by atoms with Gasteiger partial charge in [0.15, 0.2) is 17.5 Å². The van der Waals surface area contributed by atoms with Gasteiger partial charge in [-0.1, -0.05) is 24.2 Å². The molecule has 0 unspecified atom stereocenters. The van der Waals surface area contributed by atoms with Crippen molar-refractivity contribution in [3.63, 3.8) is 0 Å². The number of allylic oxidation sites excluding steroid dienone is 2. The van der Waals surface area contributed by atoms with Crippen LogP contribution in [-0.4, -0.2) is 42.0 Å². The number of nitrogens with zero attached hydrogens (tertiary/aromatic N) is 5. The summed E-state index contributed by atoms with van der Waals surface area (Å²) in [5.74, 6) is -0.373. The molecule has 0 spiro atoms. The first-order chi connectivity index (χ1) is 16.0. The van der Waals surface area contributed by atoms with Crippen LogP contribution in [0.4, 0.5) is 14.5 Å².